The number of rotatable bonds is 8. The summed E-state index contributed by atoms with van der Waals surface area (Å²) in [6.07, 6.45) is 2.91. The minimum absolute atomic E-state index is 0.198. The average Bonchev–Trinajstić information content (AvgIpc) is 3.53. The second-order valence-corrected chi connectivity index (χ2v) is 9.41. The summed E-state index contributed by atoms with van der Waals surface area (Å²) in [5.74, 6) is 0.201. The molecule has 2 saturated heterocycles. The van der Waals surface area contributed by atoms with Gasteiger partial charge in [-0.15, -0.1) is 0 Å². The smallest absolute Gasteiger partial charge is 0.414 e. The summed E-state index contributed by atoms with van der Waals surface area (Å²) in [7, 11) is 0. The Labute approximate surface area is 220 Å². The zero-order chi connectivity index (χ0) is 26.5. The Bertz CT molecular complexity index is 1300. The topological polar surface area (TPSA) is 91.2 Å². The van der Waals surface area contributed by atoms with Gasteiger partial charge in [-0.05, 0) is 29.8 Å². The van der Waals surface area contributed by atoms with Crippen LogP contribution in [0.3, 0.4) is 0 Å². The van der Waals surface area contributed by atoms with Crippen molar-refractivity contribution in [2.24, 2.45) is 0 Å². The lowest BCUT2D eigenvalue weighted by Crippen LogP contribution is -2.46. The summed E-state index contributed by atoms with van der Waals surface area (Å²) in [4.78, 5) is 29.0. The van der Waals surface area contributed by atoms with Crippen molar-refractivity contribution in [3.63, 3.8) is 0 Å². The molecule has 0 saturated carbocycles. The Balaban J connectivity index is 1.13. The van der Waals surface area contributed by atoms with E-state index in [-0.39, 0.29) is 24.8 Å². The van der Waals surface area contributed by atoms with E-state index in [0.29, 0.717) is 31.0 Å². The average molecular weight is 520 g/mol. The van der Waals surface area contributed by atoms with Gasteiger partial charge in [0.15, 0.2) is 5.76 Å². The molecular weight excluding hydrogens is 489 g/mol. The molecule has 2 aliphatic rings. The lowest BCUT2D eigenvalue weighted by Gasteiger charge is -2.35. The second kappa shape index (κ2) is 11.5. The number of cyclic esters (lactones) is 1. The molecule has 2 aromatic carbocycles. The van der Waals surface area contributed by atoms with Crippen LogP contribution < -0.4 is 15.1 Å². The first-order valence-electron chi connectivity index (χ1n) is 12.6. The van der Waals surface area contributed by atoms with Crippen LogP contribution in [0.15, 0.2) is 59.1 Å². The zero-order valence-corrected chi connectivity index (χ0v) is 21.2. The van der Waals surface area contributed by atoms with Crippen molar-refractivity contribution < 1.29 is 23.2 Å². The van der Waals surface area contributed by atoms with Crippen LogP contribution in [0.25, 0.3) is 12.2 Å². The molecule has 0 radical (unpaired) electrons. The third-order valence-corrected chi connectivity index (χ3v) is 6.61. The molecule has 9 nitrogen and oxygen atoms in total. The summed E-state index contributed by atoms with van der Waals surface area (Å²) in [6.45, 7) is 5.34. The molecular formula is C28H30FN5O4. The van der Waals surface area contributed by atoms with Gasteiger partial charge in [0.1, 0.15) is 17.6 Å². The number of nitrogens with one attached hydrogen (secondary N) is 1. The van der Waals surface area contributed by atoms with E-state index in [4.69, 9.17) is 9.26 Å². The minimum atomic E-state index is -0.549. The highest BCUT2D eigenvalue weighted by Crippen LogP contribution is 2.28. The van der Waals surface area contributed by atoms with Crippen LogP contribution in [0.5, 0.6) is 0 Å². The van der Waals surface area contributed by atoms with Crippen LogP contribution >= 0.6 is 0 Å². The maximum atomic E-state index is 15.1. The van der Waals surface area contributed by atoms with Gasteiger partial charge in [0.05, 0.1) is 31.0 Å². The van der Waals surface area contributed by atoms with Crippen molar-refractivity contribution >= 4 is 35.5 Å². The molecule has 0 aliphatic carbocycles. The molecule has 198 valence electrons. The molecule has 0 bridgehead atoms. The van der Waals surface area contributed by atoms with Gasteiger partial charge >= 0.3 is 6.09 Å². The number of aromatic nitrogens is 1. The van der Waals surface area contributed by atoms with Crippen molar-refractivity contribution in [3.8, 4) is 0 Å². The van der Waals surface area contributed by atoms with E-state index >= 15 is 4.39 Å². The van der Waals surface area contributed by atoms with E-state index in [0.717, 1.165) is 30.1 Å². The van der Waals surface area contributed by atoms with E-state index < -0.39 is 12.2 Å². The largest absolute Gasteiger partial charge is 0.442 e. The molecule has 10 heteroatoms. The number of hydrogen-bond donors (Lipinski definition) is 1. The van der Waals surface area contributed by atoms with Crippen LogP contribution in [0.2, 0.25) is 0 Å². The molecule has 0 spiro atoms. The van der Waals surface area contributed by atoms with E-state index in [2.05, 4.69) is 15.4 Å². The third-order valence-electron chi connectivity index (χ3n) is 6.61. The van der Waals surface area contributed by atoms with Crippen molar-refractivity contribution in [1.29, 1.82) is 0 Å². The molecule has 3 heterocycles. The molecule has 2 fully saturated rings. The number of hydrogen-bond acceptors (Lipinski definition) is 7. The molecule has 38 heavy (non-hydrogen) atoms. The number of nitrogens with zero attached hydrogens (tertiary/aromatic N) is 4. The quantitative estimate of drug-likeness (QED) is 0.485. The van der Waals surface area contributed by atoms with Gasteiger partial charge < -0.3 is 19.5 Å². The fraction of sp³-hybridized carbons (Fsp3) is 0.321. The molecule has 1 N–H and O–H groups in total. The van der Waals surface area contributed by atoms with Crippen LogP contribution in [0.1, 0.15) is 23.9 Å². The number of piperazine rings is 1. The predicted molar refractivity (Wildman–Crippen MR) is 142 cm³/mol. The predicted octanol–water partition coefficient (Wildman–Crippen LogP) is 3.77. The van der Waals surface area contributed by atoms with E-state index in [9.17, 15) is 9.59 Å². The van der Waals surface area contributed by atoms with Gasteiger partial charge in [0, 0.05) is 39.2 Å². The SMILES string of the molecule is CC(=O)NC[C@H]1CN(c2ccc(N3CCN(Cc4cc(/C=C/c5ccccc5)no4)CC3)c(F)c2)C(=O)O1. The lowest BCUT2D eigenvalue weighted by molar-refractivity contribution is -0.119. The van der Waals surface area contributed by atoms with Gasteiger partial charge in [0.2, 0.25) is 5.91 Å². The standard InChI is InChI=1S/C28H30FN5O4/c1-20(35)30-17-25-19-34(28(36)37-25)23-9-10-27(26(29)16-23)33-13-11-32(12-14-33)18-24-15-22(31-38-24)8-7-21-5-3-2-4-6-21/h2-10,15-16,25H,11-14,17-19H2,1H3,(H,30,35)/b8-7+/t25-/m0/s1. The first kappa shape index (κ1) is 25.5. The summed E-state index contributed by atoms with van der Waals surface area (Å²) < 4.78 is 25.9. The highest BCUT2D eigenvalue weighted by atomic mass is 19.1. The first-order valence-corrected chi connectivity index (χ1v) is 12.6. The zero-order valence-electron chi connectivity index (χ0n) is 21.2. The van der Waals surface area contributed by atoms with Crippen molar-refractivity contribution in [1.82, 2.24) is 15.4 Å². The third kappa shape index (κ3) is 6.20. The van der Waals surface area contributed by atoms with Crippen LogP contribution in [-0.2, 0) is 16.1 Å². The Hall–Kier alpha value is -4.18. The monoisotopic (exact) mass is 519 g/mol. The Morgan fingerprint density at radius 2 is 1.89 bits per heavy atom. The van der Waals surface area contributed by atoms with Gasteiger partial charge in [-0.1, -0.05) is 41.6 Å². The van der Waals surface area contributed by atoms with Gasteiger partial charge in [0.25, 0.3) is 0 Å². The van der Waals surface area contributed by atoms with Crippen molar-refractivity contribution in [2.75, 3.05) is 49.1 Å². The number of anilines is 2. The number of benzene rings is 2. The van der Waals surface area contributed by atoms with E-state index in [1.807, 2.05) is 53.5 Å². The van der Waals surface area contributed by atoms with Crippen LogP contribution in [-0.4, -0.2) is 67.4 Å². The van der Waals surface area contributed by atoms with Crippen LogP contribution in [0, 0.1) is 5.82 Å². The Morgan fingerprint density at radius 1 is 1.11 bits per heavy atom. The Kier molecular flexibility index (Phi) is 7.69. The Morgan fingerprint density at radius 3 is 2.63 bits per heavy atom. The second-order valence-electron chi connectivity index (χ2n) is 9.41. The maximum absolute atomic E-state index is 15.1. The minimum Gasteiger partial charge on any atom is -0.442 e. The highest BCUT2D eigenvalue weighted by Gasteiger charge is 2.33. The van der Waals surface area contributed by atoms with Crippen LogP contribution in [0.4, 0.5) is 20.6 Å². The van der Waals surface area contributed by atoms with Gasteiger partial charge in [-0.3, -0.25) is 14.6 Å². The molecule has 1 atom stereocenters. The van der Waals surface area contributed by atoms with E-state index in [1.54, 1.807) is 12.1 Å². The molecule has 3 aromatic rings. The number of halogens is 1. The summed E-state index contributed by atoms with van der Waals surface area (Å²) in [6, 6.07) is 16.7. The van der Waals surface area contributed by atoms with Crippen molar-refractivity contribution in [3.05, 3.63) is 77.4 Å². The first-order chi connectivity index (χ1) is 18.4. The van der Waals surface area contributed by atoms with Gasteiger partial charge in [-0.2, -0.15) is 0 Å². The molecule has 5 rings (SSSR count). The number of carbonyl (C=O) groups is 2. The van der Waals surface area contributed by atoms with Crippen molar-refractivity contribution in [2.45, 2.75) is 19.6 Å². The van der Waals surface area contributed by atoms with E-state index in [1.165, 1.54) is 17.9 Å². The number of ether oxygens (including phenoxy) is 1. The highest BCUT2D eigenvalue weighted by molar-refractivity contribution is 5.90. The summed E-state index contributed by atoms with van der Waals surface area (Å²) in [5, 5.41) is 6.77. The fourth-order valence-electron chi connectivity index (χ4n) is 4.61. The number of amides is 2. The lowest BCUT2D eigenvalue weighted by atomic mass is 10.2. The normalized spacial score (nSPS) is 18.3. The summed E-state index contributed by atoms with van der Waals surface area (Å²) >= 11 is 0. The molecule has 2 aliphatic heterocycles. The molecule has 0 unspecified atom stereocenters. The summed E-state index contributed by atoms with van der Waals surface area (Å²) in [5.41, 5.74) is 2.80. The maximum Gasteiger partial charge on any atom is 0.414 e. The van der Waals surface area contributed by atoms with Gasteiger partial charge in [-0.25, -0.2) is 9.18 Å². The molecule has 1 aromatic heterocycles. The number of carbonyl (C=O) groups excluding carboxylic acids is 2. The fourth-order valence-corrected chi connectivity index (χ4v) is 4.61. The molecule has 2 amide bonds.